The van der Waals surface area contributed by atoms with E-state index in [-0.39, 0.29) is 5.78 Å². The van der Waals surface area contributed by atoms with Crippen molar-refractivity contribution in [2.24, 2.45) is 11.1 Å². The van der Waals surface area contributed by atoms with Crippen LogP contribution < -0.4 is 5.73 Å². The molecule has 0 spiro atoms. The molecule has 0 atom stereocenters. The Hall–Kier alpha value is -1.19. The molecule has 16 heavy (non-hydrogen) atoms. The standard InChI is InChI=1S/C13H15NOS/c1-13(2,8-14)12(15)10-7-16-11-6-4-3-5-9(10)11/h3-7H,8,14H2,1-2H3. The maximum Gasteiger partial charge on any atom is 0.171 e. The quantitative estimate of drug-likeness (QED) is 0.828. The Morgan fingerprint density at radius 2 is 2.06 bits per heavy atom. The Kier molecular flexibility index (Phi) is 2.82. The number of carbonyl (C=O) groups excluding carboxylic acids is 1. The molecule has 0 aliphatic rings. The molecule has 3 heteroatoms. The average molecular weight is 233 g/mol. The zero-order chi connectivity index (χ0) is 11.8. The Bertz CT molecular complexity index is 527. The van der Waals surface area contributed by atoms with Crippen LogP contribution in [0.3, 0.4) is 0 Å². The zero-order valence-corrected chi connectivity index (χ0v) is 10.3. The van der Waals surface area contributed by atoms with E-state index in [0.717, 1.165) is 15.6 Å². The van der Waals surface area contributed by atoms with Crippen LogP contribution in [0.5, 0.6) is 0 Å². The van der Waals surface area contributed by atoms with Gasteiger partial charge in [-0.05, 0) is 6.07 Å². The molecular formula is C13H15NOS. The Balaban J connectivity index is 2.52. The summed E-state index contributed by atoms with van der Waals surface area (Å²) in [6.07, 6.45) is 0. The SMILES string of the molecule is CC(C)(CN)C(=O)c1csc2ccccc12. The van der Waals surface area contributed by atoms with E-state index in [1.807, 2.05) is 43.5 Å². The van der Waals surface area contributed by atoms with Crippen LogP contribution in [0, 0.1) is 5.41 Å². The smallest absolute Gasteiger partial charge is 0.171 e. The summed E-state index contributed by atoms with van der Waals surface area (Å²) in [4.78, 5) is 12.3. The number of Topliss-reactive ketones (excluding diaryl/α,β-unsaturated/α-hetero) is 1. The Morgan fingerprint density at radius 1 is 1.38 bits per heavy atom. The van der Waals surface area contributed by atoms with Crippen LogP contribution >= 0.6 is 11.3 Å². The highest BCUT2D eigenvalue weighted by Crippen LogP contribution is 2.30. The number of nitrogens with two attached hydrogens (primary N) is 1. The molecule has 0 aliphatic carbocycles. The van der Waals surface area contributed by atoms with Crippen LogP contribution in [0.4, 0.5) is 0 Å². The lowest BCUT2D eigenvalue weighted by Gasteiger charge is -2.20. The molecule has 84 valence electrons. The first-order chi connectivity index (χ1) is 7.56. The highest BCUT2D eigenvalue weighted by Gasteiger charge is 2.28. The summed E-state index contributed by atoms with van der Waals surface area (Å²) in [5.41, 5.74) is 5.96. The zero-order valence-electron chi connectivity index (χ0n) is 9.49. The second kappa shape index (κ2) is 4.00. The molecule has 1 aromatic carbocycles. The van der Waals surface area contributed by atoms with Gasteiger partial charge in [0.2, 0.25) is 0 Å². The van der Waals surface area contributed by atoms with Crippen LogP contribution in [0.15, 0.2) is 29.6 Å². The summed E-state index contributed by atoms with van der Waals surface area (Å²) < 4.78 is 1.15. The molecule has 2 aromatic rings. The van der Waals surface area contributed by atoms with Crippen molar-refractivity contribution in [1.29, 1.82) is 0 Å². The molecule has 0 aliphatic heterocycles. The Labute approximate surface area is 99.1 Å². The predicted octanol–water partition coefficient (Wildman–Crippen LogP) is 3.07. The van der Waals surface area contributed by atoms with E-state index in [2.05, 4.69) is 0 Å². The van der Waals surface area contributed by atoms with Gasteiger partial charge in [0.05, 0.1) is 0 Å². The fourth-order valence-electron chi connectivity index (χ4n) is 1.61. The van der Waals surface area contributed by atoms with Crippen molar-refractivity contribution in [3.8, 4) is 0 Å². The van der Waals surface area contributed by atoms with Gasteiger partial charge in [-0.15, -0.1) is 11.3 Å². The van der Waals surface area contributed by atoms with E-state index in [9.17, 15) is 4.79 Å². The van der Waals surface area contributed by atoms with Gasteiger partial charge in [0.1, 0.15) is 0 Å². The third kappa shape index (κ3) is 1.77. The summed E-state index contributed by atoms with van der Waals surface area (Å²) in [7, 11) is 0. The van der Waals surface area contributed by atoms with Gasteiger partial charge in [0.15, 0.2) is 5.78 Å². The van der Waals surface area contributed by atoms with Crippen molar-refractivity contribution in [3.05, 3.63) is 35.2 Å². The van der Waals surface area contributed by atoms with Crippen molar-refractivity contribution in [3.63, 3.8) is 0 Å². The van der Waals surface area contributed by atoms with Crippen LogP contribution in [0.25, 0.3) is 10.1 Å². The van der Waals surface area contributed by atoms with Crippen molar-refractivity contribution >= 4 is 27.2 Å². The molecule has 0 fully saturated rings. The van der Waals surface area contributed by atoms with Crippen molar-refractivity contribution in [2.45, 2.75) is 13.8 Å². The number of carbonyl (C=O) groups is 1. The average Bonchev–Trinajstić information content (AvgIpc) is 2.71. The molecule has 2 nitrogen and oxygen atoms in total. The molecule has 1 aromatic heterocycles. The maximum atomic E-state index is 12.3. The summed E-state index contributed by atoms with van der Waals surface area (Å²) >= 11 is 1.61. The predicted molar refractivity (Wildman–Crippen MR) is 69.0 cm³/mol. The minimum atomic E-state index is -0.482. The highest BCUT2D eigenvalue weighted by molar-refractivity contribution is 7.17. The fraction of sp³-hybridized carbons (Fsp3) is 0.308. The molecule has 0 bridgehead atoms. The first-order valence-corrected chi connectivity index (χ1v) is 6.15. The number of thiophene rings is 1. The monoisotopic (exact) mass is 233 g/mol. The van der Waals surface area contributed by atoms with Crippen LogP contribution in [-0.4, -0.2) is 12.3 Å². The molecule has 0 saturated heterocycles. The molecule has 2 N–H and O–H groups in total. The lowest BCUT2D eigenvalue weighted by molar-refractivity contribution is 0.0850. The van der Waals surface area contributed by atoms with Crippen molar-refractivity contribution < 1.29 is 4.79 Å². The van der Waals surface area contributed by atoms with Gasteiger partial charge in [0.25, 0.3) is 0 Å². The van der Waals surface area contributed by atoms with Gasteiger partial charge < -0.3 is 5.73 Å². The van der Waals surface area contributed by atoms with Crippen LogP contribution in [0.2, 0.25) is 0 Å². The molecule has 0 saturated carbocycles. The van der Waals surface area contributed by atoms with E-state index in [0.29, 0.717) is 6.54 Å². The van der Waals surface area contributed by atoms with Crippen LogP contribution in [-0.2, 0) is 0 Å². The van der Waals surface area contributed by atoms with E-state index >= 15 is 0 Å². The minimum Gasteiger partial charge on any atom is -0.329 e. The number of rotatable bonds is 3. The third-order valence-electron chi connectivity index (χ3n) is 2.85. The number of hydrogen-bond acceptors (Lipinski definition) is 3. The highest BCUT2D eigenvalue weighted by atomic mass is 32.1. The van der Waals surface area contributed by atoms with E-state index in [1.54, 1.807) is 11.3 Å². The van der Waals surface area contributed by atoms with Gasteiger partial charge >= 0.3 is 0 Å². The molecule has 0 unspecified atom stereocenters. The first-order valence-electron chi connectivity index (χ1n) is 5.27. The minimum absolute atomic E-state index is 0.132. The summed E-state index contributed by atoms with van der Waals surface area (Å²) in [6.45, 7) is 4.15. The van der Waals surface area contributed by atoms with Crippen molar-refractivity contribution in [1.82, 2.24) is 0 Å². The van der Waals surface area contributed by atoms with Gasteiger partial charge in [-0.25, -0.2) is 0 Å². The van der Waals surface area contributed by atoms with Crippen LogP contribution in [0.1, 0.15) is 24.2 Å². The summed E-state index contributed by atoms with van der Waals surface area (Å²) in [5.74, 6) is 0.132. The molecule has 1 heterocycles. The largest absolute Gasteiger partial charge is 0.329 e. The molecule has 2 rings (SSSR count). The van der Waals surface area contributed by atoms with Gasteiger partial charge in [0, 0.05) is 33.0 Å². The summed E-state index contributed by atoms with van der Waals surface area (Å²) in [5, 5.41) is 2.98. The molecular weight excluding hydrogens is 218 g/mol. The summed E-state index contributed by atoms with van der Waals surface area (Å²) in [6, 6.07) is 7.97. The van der Waals surface area contributed by atoms with E-state index < -0.39 is 5.41 Å². The first kappa shape index (κ1) is 11.3. The second-order valence-corrected chi connectivity index (χ2v) is 5.47. The molecule has 0 amide bonds. The normalized spacial score (nSPS) is 11.9. The van der Waals surface area contributed by atoms with Gasteiger partial charge in [-0.1, -0.05) is 32.0 Å². The number of hydrogen-bond donors (Lipinski definition) is 1. The number of benzene rings is 1. The topological polar surface area (TPSA) is 43.1 Å². The number of ketones is 1. The Morgan fingerprint density at radius 3 is 2.75 bits per heavy atom. The lowest BCUT2D eigenvalue weighted by atomic mass is 9.84. The van der Waals surface area contributed by atoms with Crippen molar-refractivity contribution in [2.75, 3.05) is 6.54 Å². The number of fused-ring (bicyclic) bond motifs is 1. The third-order valence-corrected chi connectivity index (χ3v) is 3.81. The fourth-order valence-corrected chi connectivity index (χ4v) is 2.55. The molecule has 0 radical (unpaired) electrons. The van der Waals surface area contributed by atoms with E-state index in [4.69, 9.17) is 5.73 Å². The lowest BCUT2D eigenvalue weighted by Crippen LogP contribution is -2.32. The van der Waals surface area contributed by atoms with Gasteiger partial charge in [-0.3, -0.25) is 4.79 Å². The van der Waals surface area contributed by atoms with E-state index in [1.165, 1.54) is 0 Å². The van der Waals surface area contributed by atoms with Gasteiger partial charge in [-0.2, -0.15) is 0 Å². The maximum absolute atomic E-state index is 12.3. The second-order valence-electron chi connectivity index (χ2n) is 4.56.